The molecule has 2 aliphatic rings. The monoisotopic (exact) mass is 250 g/mol. The molecule has 1 nitrogen and oxygen atoms in total. The standard InChI is InChI=1S/C17H30O/c1-5-6-7-8-9-12-18-15-13-14-10-11-17(15,4)16(14,2)3/h9,12,14-15H,5-8,10-11,13H2,1-4H3/b12-9-/t14-,15+,17+/m1/s1. The zero-order chi connectivity index (χ0) is 13.2. The Morgan fingerprint density at radius 3 is 2.56 bits per heavy atom. The van der Waals surface area contributed by atoms with Gasteiger partial charge in [0.2, 0.25) is 0 Å². The van der Waals surface area contributed by atoms with Gasteiger partial charge in [0.05, 0.1) is 6.26 Å². The van der Waals surface area contributed by atoms with Crippen LogP contribution in [-0.2, 0) is 4.74 Å². The summed E-state index contributed by atoms with van der Waals surface area (Å²) in [7, 11) is 0. The van der Waals surface area contributed by atoms with Gasteiger partial charge in [-0.25, -0.2) is 0 Å². The molecule has 0 N–H and O–H groups in total. The van der Waals surface area contributed by atoms with E-state index in [1.807, 2.05) is 6.26 Å². The molecule has 18 heavy (non-hydrogen) atoms. The Morgan fingerprint density at radius 2 is 2.00 bits per heavy atom. The largest absolute Gasteiger partial charge is 0.498 e. The minimum Gasteiger partial charge on any atom is -0.498 e. The molecule has 0 unspecified atom stereocenters. The van der Waals surface area contributed by atoms with Crippen LogP contribution in [0.15, 0.2) is 12.3 Å². The zero-order valence-corrected chi connectivity index (χ0v) is 12.7. The molecule has 0 amide bonds. The second-order valence-corrected chi connectivity index (χ2v) is 7.10. The lowest BCUT2D eigenvalue weighted by atomic mass is 9.70. The summed E-state index contributed by atoms with van der Waals surface area (Å²) < 4.78 is 6.08. The van der Waals surface area contributed by atoms with Gasteiger partial charge >= 0.3 is 0 Å². The third-order valence-electron chi connectivity index (χ3n) is 6.03. The van der Waals surface area contributed by atoms with E-state index in [1.165, 1.54) is 44.9 Å². The Kier molecular flexibility index (Phi) is 4.08. The SMILES string of the molecule is CCCCC/C=C\O[C@H]1C[C@H]2CC[C@]1(C)C2(C)C. The molecule has 2 bridgehead atoms. The number of hydrogen-bond acceptors (Lipinski definition) is 1. The van der Waals surface area contributed by atoms with Gasteiger partial charge in [-0.1, -0.05) is 40.5 Å². The highest BCUT2D eigenvalue weighted by molar-refractivity contribution is 5.11. The number of hydrogen-bond donors (Lipinski definition) is 0. The summed E-state index contributed by atoms with van der Waals surface area (Å²) in [6.45, 7) is 9.58. The maximum absolute atomic E-state index is 6.08. The average Bonchev–Trinajstić information content (AvgIpc) is 2.66. The molecule has 104 valence electrons. The Balaban J connectivity index is 1.82. The van der Waals surface area contributed by atoms with E-state index in [4.69, 9.17) is 4.74 Å². The number of rotatable bonds is 6. The van der Waals surface area contributed by atoms with Gasteiger partial charge in [0, 0.05) is 5.41 Å². The van der Waals surface area contributed by atoms with Crippen LogP contribution in [0.4, 0.5) is 0 Å². The zero-order valence-electron chi connectivity index (χ0n) is 12.7. The molecule has 0 aromatic carbocycles. The molecular weight excluding hydrogens is 220 g/mol. The summed E-state index contributed by atoms with van der Waals surface area (Å²) >= 11 is 0. The van der Waals surface area contributed by atoms with E-state index in [2.05, 4.69) is 33.8 Å². The molecule has 0 aromatic heterocycles. The molecule has 0 aliphatic heterocycles. The summed E-state index contributed by atoms with van der Waals surface area (Å²) in [5.74, 6) is 0.876. The van der Waals surface area contributed by atoms with Crippen LogP contribution in [0.3, 0.4) is 0 Å². The molecule has 3 atom stereocenters. The van der Waals surface area contributed by atoms with Gasteiger partial charge in [0.15, 0.2) is 0 Å². The Morgan fingerprint density at radius 1 is 1.22 bits per heavy atom. The van der Waals surface area contributed by atoms with Gasteiger partial charge in [-0.2, -0.15) is 0 Å². The molecule has 2 rings (SSSR count). The maximum atomic E-state index is 6.08. The van der Waals surface area contributed by atoms with Crippen LogP contribution in [-0.4, -0.2) is 6.10 Å². The van der Waals surface area contributed by atoms with Gasteiger partial charge in [-0.15, -0.1) is 0 Å². The number of ether oxygens (including phenoxy) is 1. The lowest BCUT2D eigenvalue weighted by Gasteiger charge is -2.38. The van der Waals surface area contributed by atoms with Crippen molar-refractivity contribution in [2.45, 2.75) is 78.7 Å². The minimum atomic E-state index is 0.394. The summed E-state index contributed by atoms with van der Waals surface area (Å²) in [6.07, 6.45) is 13.8. The van der Waals surface area contributed by atoms with Crippen LogP contribution in [0.25, 0.3) is 0 Å². The van der Waals surface area contributed by atoms with Gasteiger partial charge < -0.3 is 4.74 Å². The smallest absolute Gasteiger partial charge is 0.104 e. The number of unbranched alkanes of at least 4 members (excludes halogenated alkanes) is 3. The summed E-state index contributed by atoms with van der Waals surface area (Å²) in [5.41, 5.74) is 0.860. The van der Waals surface area contributed by atoms with Crippen molar-refractivity contribution in [1.82, 2.24) is 0 Å². The molecule has 0 heterocycles. The van der Waals surface area contributed by atoms with E-state index in [1.54, 1.807) is 0 Å². The highest BCUT2D eigenvalue weighted by Crippen LogP contribution is 2.66. The van der Waals surface area contributed by atoms with Crippen LogP contribution < -0.4 is 0 Å². The first-order chi connectivity index (χ1) is 8.52. The number of allylic oxidation sites excluding steroid dienone is 1. The van der Waals surface area contributed by atoms with Crippen LogP contribution in [0.2, 0.25) is 0 Å². The predicted octanol–water partition coefficient (Wildman–Crippen LogP) is 5.31. The molecule has 0 saturated heterocycles. The lowest BCUT2D eigenvalue weighted by molar-refractivity contribution is 0.00113. The van der Waals surface area contributed by atoms with E-state index in [-0.39, 0.29) is 0 Å². The van der Waals surface area contributed by atoms with E-state index < -0.39 is 0 Å². The molecule has 0 radical (unpaired) electrons. The summed E-state index contributed by atoms with van der Waals surface area (Å²) in [4.78, 5) is 0. The van der Waals surface area contributed by atoms with E-state index in [0.29, 0.717) is 16.9 Å². The molecule has 2 saturated carbocycles. The van der Waals surface area contributed by atoms with Crippen molar-refractivity contribution in [3.8, 4) is 0 Å². The Labute approximate surface area is 113 Å². The first-order valence-corrected chi connectivity index (χ1v) is 7.83. The predicted molar refractivity (Wildman–Crippen MR) is 77.4 cm³/mol. The van der Waals surface area contributed by atoms with Gasteiger partial charge in [-0.05, 0) is 49.5 Å². The Bertz CT molecular complexity index is 305. The fraction of sp³-hybridized carbons (Fsp3) is 0.882. The van der Waals surface area contributed by atoms with Gasteiger partial charge in [0.1, 0.15) is 6.10 Å². The topological polar surface area (TPSA) is 9.23 Å². The summed E-state index contributed by atoms with van der Waals surface area (Å²) in [5, 5.41) is 0. The fourth-order valence-electron chi connectivity index (χ4n) is 4.07. The molecular formula is C17H30O. The van der Waals surface area contributed by atoms with E-state index >= 15 is 0 Å². The van der Waals surface area contributed by atoms with Gasteiger partial charge in [0.25, 0.3) is 0 Å². The minimum absolute atomic E-state index is 0.394. The molecule has 0 spiro atoms. The quantitative estimate of drug-likeness (QED) is 0.458. The molecule has 2 fully saturated rings. The van der Waals surface area contributed by atoms with Crippen LogP contribution in [0.5, 0.6) is 0 Å². The van der Waals surface area contributed by atoms with Crippen molar-refractivity contribution in [3.63, 3.8) is 0 Å². The highest BCUT2D eigenvalue weighted by atomic mass is 16.5. The van der Waals surface area contributed by atoms with E-state index in [0.717, 1.165) is 5.92 Å². The molecule has 1 heteroatoms. The van der Waals surface area contributed by atoms with Gasteiger partial charge in [-0.3, -0.25) is 0 Å². The average molecular weight is 250 g/mol. The van der Waals surface area contributed by atoms with Crippen LogP contribution in [0, 0.1) is 16.7 Å². The second kappa shape index (κ2) is 5.27. The van der Waals surface area contributed by atoms with Crippen molar-refractivity contribution in [2.75, 3.05) is 0 Å². The van der Waals surface area contributed by atoms with Crippen molar-refractivity contribution in [1.29, 1.82) is 0 Å². The third kappa shape index (κ3) is 2.21. The van der Waals surface area contributed by atoms with Crippen molar-refractivity contribution in [2.24, 2.45) is 16.7 Å². The lowest BCUT2D eigenvalue weighted by Crippen LogP contribution is -2.36. The molecule has 2 aliphatic carbocycles. The van der Waals surface area contributed by atoms with Crippen molar-refractivity contribution < 1.29 is 4.74 Å². The van der Waals surface area contributed by atoms with Crippen molar-refractivity contribution >= 4 is 0 Å². The van der Waals surface area contributed by atoms with Crippen LogP contribution in [0.1, 0.15) is 72.6 Å². The first-order valence-electron chi connectivity index (χ1n) is 7.83. The number of fused-ring (bicyclic) bond motifs is 2. The van der Waals surface area contributed by atoms with Crippen LogP contribution >= 0.6 is 0 Å². The third-order valence-corrected chi connectivity index (χ3v) is 6.03. The Hall–Kier alpha value is -0.460. The normalized spacial score (nSPS) is 37.6. The second-order valence-electron chi connectivity index (χ2n) is 7.10. The fourth-order valence-corrected chi connectivity index (χ4v) is 4.07. The maximum Gasteiger partial charge on any atom is 0.104 e. The molecule has 0 aromatic rings. The first kappa shape index (κ1) is 14.0. The van der Waals surface area contributed by atoms with Crippen molar-refractivity contribution in [3.05, 3.63) is 12.3 Å². The van der Waals surface area contributed by atoms with E-state index in [9.17, 15) is 0 Å². The highest BCUT2D eigenvalue weighted by Gasteiger charge is 2.62. The summed E-state index contributed by atoms with van der Waals surface area (Å²) in [6, 6.07) is 0.